The van der Waals surface area contributed by atoms with Gasteiger partial charge in [-0.25, -0.2) is 12.8 Å². The van der Waals surface area contributed by atoms with Crippen molar-refractivity contribution in [2.45, 2.75) is 25.3 Å². The minimum Gasteiger partial charge on any atom is -0.494 e. The number of hydrogen-bond acceptors (Lipinski definition) is 4. The Morgan fingerprint density at radius 2 is 1.70 bits per heavy atom. The predicted molar refractivity (Wildman–Crippen MR) is 103 cm³/mol. The summed E-state index contributed by atoms with van der Waals surface area (Å²) in [5, 5.41) is 0. The third-order valence-electron chi connectivity index (χ3n) is 4.74. The highest BCUT2D eigenvalue weighted by Gasteiger charge is 2.29. The first-order valence-electron chi connectivity index (χ1n) is 9.10. The monoisotopic (exact) mass is 392 g/mol. The van der Waals surface area contributed by atoms with Crippen molar-refractivity contribution in [1.29, 1.82) is 0 Å². The molecule has 5 nitrogen and oxygen atoms in total. The average Bonchev–Trinajstić information content (AvgIpc) is 2.66. The number of ether oxygens (including phenoxy) is 1. The van der Waals surface area contributed by atoms with Gasteiger partial charge in [0.25, 0.3) is 0 Å². The van der Waals surface area contributed by atoms with Crippen LogP contribution in [0.15, 0.2) is 47.4 Å². The first kappa shape index (κ1) is 19.8. The van der Waals surface area contributed by atoms with E-state index in [2.05, 4.69) is 4.90 Å². The van der Waals surface area contributed by atoms with E-state index in [0.29, 0.717) is 38.3 Å². The van der Waals surface area contributed by atoms with Crippen molar-refractivity contribution >= 4 is 10.0 Å². The summed E-state index contributed by atoms with van der Waals surface area (Å²) in [5.41, 5.74) is 1.73. The molecule has 2 aromatic rings. The van der Waals surface area contributed by atoms with Gasteiger partial charge in [-0.1, -0.05) is 18.2 Å². The lowest BCUT2D eigenvalue weighted by atomic mass is 10.2. The van der Waals surface area contributed by atoms with Gasteiger partial charge in [-0.15, -0.1) is 0 Å². The van der Waals surface area contributed by atoms with Gasteiger partial charge in [-0.2, -0.15) is 4.31 Å². The van der Waals surface area contributed by atoms with Gasteiger partial charge in [0, 0.05) is 32.7 Å². The van der Waals surface area contributed by atoms with Gasteiger partial charge in [0.1, 0.15) is 11.6 Å². The maximum atomic E-state index is 13.5. The van der Waals surface area contributed by atoms with Crippen molar-refractivity contribution in [1.82, 2.24) is 9.21 Å². The Kier molecular flexibility index (Phi) is 6.14. The largest absolute Gasteiger partial charge is 0.494 e. The fourth-order valence-electron chi connectivity index (χ4n) is 3.23. The molecule has 7 heteroatoms. The highest BCUT2D eigenvalue weighted by molar-refractivity contribution is 7.89. The normalized spacial score (nSPS) is 16.4. The molecule has 0 amide bonds. The molecule has 0 bridgehead atoms. The molecule has 1 aliphatic rings. The molecule has 0 N–H and O–H groups in total. The molecule has 0 aliphatic carbocycles. The van der Waals surface area contributed by atoms with Crippen LogP contribution >= 0.6 is 0 Å². The number of halogens is 1. The molecule has 3 rings (SSSR count). The summed E-state index contributed by atoms with van der Waals surface area (Å²) in [5.74, 6) is 0.316. The van der Waals surface area contributed by atoms with Crippen LogP contribution < -0.4 is 4.74 Å². The second kappa shape index (κ2) is 8.37. The van der Waals surface area contributed by atoms with Crippen LogP contribution in [-0.4, -0.2) is 50.4 Å². The third-order valence-corrected chi connectivity index (χ3v) is 6.78. The Morgan fingerprint density at radius 3 is 2.33 bits per heavy atom. The highest BCUT2D eigenvalue weighted by atomic mass is 32.2. The highest BCUT2D eigenvalue weighted by Crippen LogP contribution is 2.23. The van der Waals surface area contributed by atoms with E-state index >= 15 is 0 Å². The van der Waals surface area contributed by atoms with Crippen molar-refractivity contribution in [3.8, 4) is 5.75 Å². The zero-order chi connectivity index (χ0) is 19.4. The molecular formula is C20H25FN2O3S. The number of hydrogen-bond donors (Lipinski definition) is 0. The lowest BCUT2D eigenvalue weighted by Crippen LogP contribution is -2.48. The summed E-state index contributed by atoms with van der Waals surface area (Å²) in [6, 6.07) is 11.9. The summed E-state index contributed by atoms with van der Waals surface area (Å²) >= 11 is 0. The Labute approximate surface area is 160 Å². The fourth-order valence-corrected chi connectivity index (χ4v) is 4.89. The number of benzene rings is 2. The summed E-state index contributed by atoms with van der Waals surface area (Å²) in [4.78, 5) is 2.28. The molecule has 0 saturated carbocycles. The van der Waals surface area contributed by atoms with E-state index in [1.165, 1.54) is 16.4 Å². The first-order valence-corrected chi connectivity index (χ1v) is 10.5. The molecule has 0 unspecified atom stereocenters. The molecule has 0 atom stereocenters. The van der Waals surface area contributed by atoms with E-state index in [4.69, 9.17) is 4.74 Å². The fraction of sp³-hybridized carbons (Fsp3) is 0.400. The molecule has 2 aromatic carbocycles. The molecule has 146 valence electrons. The van der Waals surface area contributed by atoms with Crippen molar-refractivity contribution in [2.75, 3.05) is 32.8 Å². The predicted octanol–water partition coefficient (Wildman–Crippen LogP) is 3.04. The first-order chi connectivity index (χ1) is 12.9. The summed E-state index contributed by atoms with van der Waals surface area (Å²) in [6.07, 6.45) is 0. The Balaban J connectivity index is 1.62. The molecule has 0 aromatic heterocycles. The van der Waals surface area contributed by atoms with Crippen molar-refractivity contribution in [3.63, 3.8) is 0 Å². The molecule has 1 heterocycles. The van der Waals surface area contributed by atoms with Crippen LogP contribution in [0.25, 0.3) is 0 Å². The summed E-state index contributed by atoms with van der Waals surface area (Å²) in [7, 11) is -3.67. The van der Waals surface area contributed by atoms with Crippen molar-refractivity contribution < 1.29 is 17.5 Å². The SMILES string of the molecule is CCOc1ccc(CN2CCN(S(=O)(=O)c3cc(F)ccc3C)CC2)cc1. The minimum absolute atomic E-state index is 0.0578. The van der Waals surface area contributed by atoms with Crippen LogP contribution in [0.3, 0.4) is 0 Å². The Morgan fingerprint density at radius 1 is 1.04 bits per heavy atom. The molecule has 27 heavy (non-hydrogen) atoms. The third kappa shape index (κ3) is 4.66. The number of sulfonamides is 1. The van der Waals surface area contributed by atoms with E-state index in [9.17, 15) is 12.8 Å². The quantitative estimate of drug-likeness (QED) is 0.758. The van der Waals surface area contributed by atoms with E-state index in [1.807, 2.05) is 31.2 Å². The Hall–Kier alpha value is -1.96. The van der Waals surface area contributed by atoms with Crippen LogP contribution in [0, 0.1) is 12.7 Å². The van der Waals surface area contributed by atoms with E-state index in [-0.39, 0.29) is 4.90 Å². The smallest absolute Gasteiger partial charge is 0.243 e. The second-order valence-electron chi connectivity index (χ2n) is 6.67. The number of rotatable bonds is 6. The van der Waals surface area contributed by atoms with Gasteiger partial charge >= 0.3 is 0 Å². The van der Waals surface area contributed by atoms with Crippen LogP contribution in [0.4, 0.5) is 4.39 Å². The lowest BCUT2D eigenvalue weighted by molar-refractivity contribution is 0.181. The molecule has 1 fully saturated rings. The summed E-state index contributed by atoms with van der Waals surface area (Å²) < 4.78 is 46.1. The molecule has 1 saturated heterocycles. The summed E-state index contributed by atoms with van der Waals surface area (Å²) in [6.45, 7) is 7.12. The van der Waals surface area contributed by atoms with Gasteiger partial charge < -0.3 is 4.74 Å². The second-order valence-corrected chi connectivity index (χ2v) is 8.57. The Bertz CT molecular complexity index is 877. The van der Waals surface area contributed by atoms with Crippen molar-refractivity contribution in [2.24, 2.45) is 0 Å². The molecular weight excluding hydrogens is 367 g/mol. The number of aryl methyl sites for hydroxylation is 1. The van der Waals surface area contributed by atoms with E-state index < -0.39 is 15.8 Å². The van der Waals surface area contributed by atoms with Crippen LogP contribution in [0.1, 0.15) is 18.1 Å². The van der Waals surface area contributed by atoms with E-state index in [1.54, 1.807) is 6.92 Å². The zero-order valence-corrected chi connectivity index (χ0v) is 16.5. The maximum Gasteiger partial charge on any atom is 0.243 e. The maximum absolute atomic E-state index is 13.5. The molecule has 1 aliphatic heterocycles. The van der Waals surface area contributed by atoms with Crippen LogP contribution in [-0.2, 0) is 16.6 Å². The zero-order valence-electron chi connectivity index (χ0n) is 15.7. The van der Waals surface area contributed by atoms with Gasteiger partial charge in [-0.05, 0) is 49.2 Å². The standard InChI is InChI=1S/C20H25FN2O3S/c1-3-26-19-8-5-17(6-9-19)15-22-10-12-23(13-11-22)27(24,25)20-14-18(21)7-4-16(20)2/h4-9,14H,3,10-13,15H2,1-2H3. The molecule has 0 spiro atoms. The number of nitrogens with zero attached hydrogens (tertiary/aromatic N) is 2. The minimum atomic E-state index is -3.67. The van der Waals surface area contributed by atoms with Crippen LogP contribution in [0.2, 0.25) is 0 Å². The van der Waals surface area contributed by atoms with Gasteiger partial charge in [0.15, 0.2) is 0 Å². The average molecular weight is 392 g/mol. The van der Waals surface area contributed by atoms with Crippen molar-refractivity contribution in [3.05, 3.63) is 59.4 Å². The van der Waals surface area contributed by atoms with Gasteiger partial charge in [0.05, 0.1) is 11.5 Å². The van der Waals surface area contributed by atoms with E-state index in [0.717, 1.165) is 23.9 Å². The van der Waals surface area contributed by atoms with Crippen LogP contribution in [0.5, 0.6) is 5.75 Å². The topological polar surface area (TPSA) is 49.9 Å². The van der Waals surface area contributed by atoms with Gasteiger partial charge in [-0.3, -0.25) is 4.90 Å². The molecule has 0 radical (unpaired) electrons. The lowest BCUT2D eigenvalue weighted by Gasteiger charge is -2.34. The number of piperazine rings is 1. The van der Waals surface area contributed by atoms with Gasteiger partial charge in [0.2, 0.25) is 10.0 Å².